The van der Waals surface area contributed by atoms with E-state index in [1.54, 1.807) is 0 Å². The van der Waals surface area contributed by atoms with Crippen LogP contribution < -0.4 is 11.1 Å². The Labute approximate surface area is 134 Å². The van der Waals surface area contributed by atoms with Crippen LogP contribution in [0.25, 0.3) is 10.9 Å². The second-order valence-corrected chi connectivity index (χ2v) is 5.26. The fourth-order valence-electron chi connectivity index (χ4n) is 2.40. The Morgan fingerprint density at radius 3 is 2.74 bits per heavy atom. The third-order valence-electron chi connectivity index (χ3n) is 3.81. The molecule has 0 aliphatic heterocycles. The van der Waals surface area contributed by atoms with Gasteiger partial charge in [0.2, 0.25) is 0 Å². The highest BCUT2D eigenvalue weighted by Crippen LogP contribution is 2.21. The van der Waals surface area contributed by atoms with E-state index in [0.29, 0.717) is 17.4 Å². The van der Waals surface area contributed by atoms with Gasteiger partial charge >= 0.3 is 0 Å². The molecule has 1 aromatic heterocycles. The Hall–Kier alpha value is -2.28. The lowest BCUT2D eigenvalue weighted by Gasteiger charge is -2.17. The first kappa shape index (κ1) is 17.1. The molecule has 1 heterocycles. The first-order valence-electron chi connectivity index (χ1n) is 7.78. The van der Waals surface area contributed by atoms with Crippen LogP contribution in [0.1, 0.15) is 30.8 Å². The summed E-state index contributed by atoms with van der Waals surface area (Å²) in [5, 5.41) is 11.0. The van der Waals surface area contributed by atoms with Crippen molar-refractivity contribution in [1.29, 1.82) is 0 Å². The molecule has 124 valence electrons. The van der Waals surface area contributed by atoms with Crippen LogP contribution in [-0.4, -0.2) is 47.2 Å². The minimum Gasteiger partial charge on any atom is -0.396 e. The first-order chi connectivity index (χ1) is 11.1. The van der Waals surface area contributed by atoms with Crippen LogP contribution in [0, 0.1) is 5.82 Å². The molecule has 0 radical (unpaired) electrons. The zero-order valence-corrected chi connectivity index (χ0v) is 13.5. The summed E-state index contributed by atoms with van der Waals surface area (Å²) in [6.45, 7) is 7.66. The predicted octanol–water partition coefficient (Wildman–Crippen LogP) is 1.81. The topological polar surface area (TPSA) is 84.1 Å². The number of hydrogen-bond acceptors (Lipinski definition) is 5. The van der Waals surface area contributed by atoms with Crippen LogP contribution >= 0.6 is 0 Å². The molecule has 1 amide bonds. The van der Waals surface area contributed by atoms with Gasteiger partial charge in [-0.15, -0.1) is 10.2 Å². The van der Waals surface area contributed by atoms with Crippen LogP contribution in [0.2, 0.25) is 0 Å². The van der Waals surface area contributed by atoms with Gasteiger partial charge in [-0.2, -0.15) is 0 Å². The van der Waals surface area contributed by atoms with Crippen molar-refractivity contribution >= 4 is 22.5 Å². The van der Waals surface area contributed by atoms with Crippen molar-refractivity contribution in [3.8, 4) is 0 Å². The van der Waals surface area contributed by atoms with E-state index < -0.39 is 5.82 Å². The zero-order chi connectivity index (χ0) is 16.8. The number of anilines is 1. The third-order valence-corrected chi connectivity index (χ3v) is 3.81. The van der Waals surface area contributed by atoms with Crippen molar-refractivity contribution < 1.29 is 9.18 Å². The molecule has 23 heavy (non-hydrogen) atoms. The van der Waals surface area contributed by atoms with Crippen LogP contribution in [0.5, 0.6) is 0 Å². The number of benzene rings is 1. The molecule has 0 unspecified atom stereocenters. The Bertz CT molecular complexity index is 687. The van der Waals surface area contributed by atoms with Gasteiger partial charge in [0.05, 0.1) is 11.2 Å². The number of nitrogens with two attached hydrogens (primary N) is 1. The normalized spacial score (nSPS) is 11.1. The highest BCUT2D eigenvalue weighted by Gasteiger charge is 2.15. The van der Waals surface area contributed by atoms with Gasteiger partial charge in [0.15, 0.2) is 5.69 Å². The number of carbonyl (C=O) groups excluding carboxylic acids is 1. The number of fused-ring (bicyclic) bond motifs is 1. The van der Waals surface area contributed by atoms with Gasteiger partial charge < -0.3 is 16.0 Å². The SMILES string of the molecule is CCN(CC)CCCNC(=O)c1nnc2cc(F)ccc2c1N. The van der Waals surface area contributed by atoms with Crippen LogP contribution in [0.15, 0.2) is 18.2 Å². The molecule has 0 spiro atoms. The van der Waals surface area contributed by atoms with E-state index in [4.69, 9.17) is 5.73 Å². The van der Waals surface area contributed by atoms with Crippen LogP contribution in [0.3, 0.4) is 0 Å². The number of nitrogens with zero attached hydrogens (tertiary/aromatic N) is 3. The Morgan fingerprint density at radius 1 is 1.30 bits per heavy atom. The van der Waals surface area contributed by atoms with E-state index in [-0.39, 0.29) is 17.3 Å². The molecule has 2 aromatic rings. The van der Waals surface area contributed by atoms with Crippen LogP contribution in [-0.2, 0) is 0 Å². The lowest BCUT2D eigenvalue weighted by Crippen LogP contribution is -2.30. The van der Waals surface area contributed by atoms with E-state index in [0.717, 1.165) is 26.1 Å². The van der Waals surface area contributed by atoms with E-state index >= 15 is 0 Å². The van der Waals surface area contributed by atoms with E-state index in [9.17, 15) is 9.18 Å². The molecular weight excluding hydrogens is 297 g/mol. The average molecular weight is 319 g/mol. The second-order valence-electron chi connectivity index (χ2n) is 5.26. The fourth-order valence-corrected chi connectivity index (χ4v) is 2.40. The fraction of sp³-hybridized carbons (Fsp3) is 0.438. The molecule has 0 atom stereocenters. The van der Waals surface area contributed by atoms with Crippen molar-refractivity contribution in [2.24, 2.45) is 0 Å². The van der Waals surface area contributed by atoms with Crippen molar-refractivity contribution in [3.05, 3.63) is 29.7 Å². The highest BCUT2D eigenvalue weighted by molar-refractivity contribution is 6.04. The lowest BCUT2D eigenvalue weighted by molar-refractivity contribution is 0.0947. The van der Waals surface area contributed by atoms with Gasteiger partial charge in [-0.1, -0.05) is 13.8 Å². The number of rotatable bonds is 7. The van der Waals surface area contributed by atoms with Gasteiger partial charge in [0.25, 0.3) is 5.91 Å². The molecule has 2 rings (SSSR count). The molecule has 0 aliphatic carbocycles. The predicted molar refractivity (Wildman–Crippen MR) is 88.6 cm³/mol. The van der Waals surface area contributed by atoms with Gasteiger partial charge in [0, 0.05) is 18.0 Å². The molecule has 7 heteroatoms. The lowest BCUT2D eigenvalue weighted by atomic mass is 10.1. The molecular formula is C16H22FN5O. The summed E-state index contributed by atoms with van der Waals surface area (Å²) in [6.07, 6.45) is 0.847. The van der Waals surface area contributed by atoms with E-state index in [1.807, 2.05) is 0 Å². The molecule has 0 saturated heterocycles. The molecule has 0 bridgehead atoms. The molecule has 6 nitrogen and oxygen atoms in total. The van der Waals surface area contributed by atoms with Gasteiger partial charge in [0.1, 0.15) is 5.82 Å². The first-order valence-corrected chi connectivity index (χ1v) is 7.78. The second kappa shape index (κ2) is 7.82. The third kappa shape index (κ3) is 4.13. The zero-order valence-electron chi connectivity index (χ0n) is 13.5. The molecule has 0 aliphatic rings. The molecule has 3 N–H and O–H groups in total. The maximum absolute atomic E-state index is 13.2. The molecule has 0 fully saturated rings. The Kier molecular flexibility index (Phi) is 5.81. The quantitative estimate of drug-likeness (QED) is 0.760. The van der Waals surface area contributed by atoms with Gasteiger partial charge in [-0.25, -0.2) is 4.39 Å². The van der Waals surface area contributed by atoms with Crippen molar-refractivity contribution in [1.82, 2.24) is 20.4 Å². The van der Waals surface area contributed by atoms with E-state index in [1.165, 1.54) is 18.2 Å². The van der Waals surface area contributed by atoms with Crippen LogP contribution in [0.4, 0.5) is 10.1 Å². The monoisotopic (exact) mass is 319 g/mol. The maximum atomic E-state index is 13.2. The summed E-state index contributed by atoms with van der Waals surface area (Å²) in [5.74, 6) is -0.777. The Balaban J connectivity index is 2.01. The average Bonchev–Trinajstić information content (AvgIpc) is 2.55. The van der Waals surface area contributed by atoms with Crippen molar-refractivity contribution in [3.63, 3.8) is 0 Å². The minimum absolute atomic E-state index is 0.0759. The Morgan fingerprint density at radius 2 is 2.04 bits per heavy atom. The van der Waals surface area contributed by atoms with Crippen molar-refractivity contribution in [2.45, 2.75) is 20.3 Å². The number of nitrogen functional groups attached to an aromatic ring is 1. The number of amides is 1. The number of hydrogen-bond donors (Lipinski definition) is 2. The summed E-state index contributed by atoms with van der Waals surface area (Å²) in [5.41, 5.74) is 6.60. The number of halogens is 1. The standard InChI is InChI=1S/C16H22FN5O/c1-3-22(4-2)9-5-8-19-16(23)15-14(18)12-7-6-11(17)10-13(12)20-21-15/h6-7,10H,3-5,8-9H2,1-2H3,(H2,18,20)(H,19,23). The summed E-state index contributed by atoms with van der Waals surface area (Å²) in [6, 6.07) is 4.03. The summed E-state index contributed by atoms with van der Waals surface area (Å²) in [4.78, 5) is 14.5. The number of nitrogens with one attached hydrogen (secondary N) is 1. The smallest absolute Gasteiger partial charge is 0.273 e. The molecule has 1 aromatic carbocycles. The highest BCUT2D eigenvalue weighted by atomic mass is 19.1. The van der Waals surface area contributed by atoms with Gasteiger partial charge in [-0.3, -0.25) is 4.79 Å². The number of aromatic nitrogens is 2. The van der Waals surface area contributed by atoms with Gasteiger partial charge in [-0.05, 0) is 38.2 Å². The maximum Gasteiger partial charge on any atom is 0.273 e. The molecule has 0 saturated carbocycles. The van der Waals surface area contributed by atoms with E-state index in [2.05, 4.69) is 34.3 Å². The number of carbonyl (C=O) groups is 1. The minimum atomic E-state index is -0.417. The largest absolute Gasteiger partial charge is 0.396 e. The van der Waals surface area contributed by atoms with Crippen molar-refractivity contribution in [2.75, 3.05) is 31.9 Å². The summed E-state index contributed by atoms with van der Waals surface area (Å²) in [7, 11) is 0. The summed E-state index contributed by atoms with van der Waals surface area (Å²) >= 11 is 0. The summed E-state index contributed by atoms with van der Waals surface area (Å²) < 4.78 is 13.2.